The van der Waals surface area contributed by atoms with Crippen LogP contribution in [0.15, 0.2) is 54.6 Å². The largest absolute Gasteiger partial charge is 0.493 e. The third-order valence-corrected chi connectivity index (χ3v) is 2.81. The molecule has 3 nitrogen and oxygen atoms in total. The molecule has 0 heterocycles. The van der Waals surface area contributed by atoms with E-state index >= 15 is 0 Å². The van der Waals surface area contributed by atoms with Crippen molar-refractivity contribution in [3.8, 4) is 5.75 Å². The zero-order chi connectivity index (χ0) is 13.5. The Kier molecular flexibility index (Phi) is 4.56. The van der Waals surface area contributed by atoms with Gasteiger partial charge in [-0.05, 0) is 11.6 Å². The second kappa shape index (κ2) is 6.59. The Bertz CT molecular complexity index is 535. The van der Waals surface area contributed by atoms with Crippen LogP contribution < -0.4 is 4.74 Å². The van der Waals surface area contributed by atoms with Gasteiger partial charge in [-0.1, -0.05) is 48.5 Å². The Morgan fingerprint density at radius 3 is 2.42 bits per heavy atom. The molecule has 2 aromatic rings. The van der Waals surface area contributed by atoms with Gasteiger partial charge < -0.3 is 9.84 Å². The topological polar surface area (TPSA) is 46.5 Å². The Morgan fingerprint density at radius 1 is 1.00 bits per heavy atom. The van der Waals surface area contributed by atoms with Crippen molar-refractivity contribution in [2.75, 3.05) is 6.61 Å². The van der Waals surface area contributed by atoms with Crippen LogP contribution in [-0.2, 0) is 17.6 Å². The molecule has 0 fully saturated rings. The van der Waals surface area contributed by atoms with Gasteiger partial charge in [0.05, 0.1) is 13.0 Å². The fourth-order valence-corrected chi connectivity index (χ4v) is 1.88. The standard InChI is InChI=1S/C16H16O3/c17-16(18)12-14-8-4-5-9-15(14)19-11-10-13-6-2-1-3-7-13/h1-9H,10-12H2,(H,17,18). The number of carboxylic acids is 1. The van der Waals surface area contributed by atoms with E-state index in [1.807, 2.05) is 48.5 Å². The van der Waals surface area contributed by atoms with Gasteiger partial charge >= 0.3 is 5.97 Å². The lowest BCUT2D eigenvalue weighted by Crippen LogP contribution is -2.06. The van der Waals surface area contributed by atoms with E-state index in [1.165, 1.54) is 5.56 Å². The van der Waals surface area contributed by atoms with E-state index in [2.05, 4.69) is 0 Å². The summed E-state index contributed by atoms with van der Waals surface area (Å²) in [6.07, 6.45) is 0.795. The van der Waals surface area contributed by atoms with Crippen molar-refractivity contribution in [2.24, 2.45) is 0 Å². The maximum absolute atomic E-state index is 10.8. The first-order chi connectivity index (χ1) is 9.25. The average molecular weight is 256 g/mol. The number of carbonyl (C=O) groups is 1. The number of rotatable bonds is 6. The van der Waals surface area contributed by atoms with Crippen molar-refractivity contribution in [3.63, 3.8) is 0 Å². The Morgan fingerprint density at radius 2 is 1.68 bits per heavy atom. The summed E-state index contributed by atoms with van der Waals surface area (Å²) in [7, 11) is 0. The van der Waals surface area contributed by atoms with E-state index in [0.717, 1.165) is 6.42 Å². The van der Waals surface area contributed by atoms with Crippen molar-refractivity contribution in [1.82, 2.24) is 0 Å². The van der Waals surface area contributed by atoms with Crippen molar-refractivity contribution in [1.29, 1.82) is 0 Å². The number of hydrogen-bond donors (Lipinski definition) is 1. The second-order valence-electron chi connectivity index (χ2n) is 4.26. The lowest BCUT2D eigenvalue weighted by atomic mass is 10.1. The number of para-hydroxylation sites is 1. The summed E-state index contributed by atoms with van der Waals surface area (Å²) < 4.78 is 5.68. The fourth-order valence-electron chi connectivity index (χ4n) is 1.88. The summed E-state index contributed by atoms with van der Waals surface area (Å²) >= 11 is 0. The van der Waals surface area contributed by atoms with Crippen LogP contribution in [0.5, 0.6) is 5.75 Å². The molecule has 0 spiro atoms. The molecule has 0 saturated carbocycles. The Labute approximate surface area is 112 Å². The highest BCUT2D eigenvalue weighted by Gasteiger charge is 2.07. The highest BCUT2D eigenvalue weighted by atomic mass is 16.5. The predicted octanol–water partition coefficient (Wildman–Crippen LogP) is 2.94. The van der Waals surface area contributed by atoms with Crippen LogP contribution in [0, 0.1) is 0 Å². The molecule has 2 rings (SSSR count). The molecule has 2 aromatic carbocycles. The van der Waals surface area contributed by atoms with Gasteiger partial charge in [-0.3, -0.25) is 4.79 Å². The van der Waals surface area contributed by atoms with E-state index in [1.54, 1.807) is 6.07 Å². The summed E-state index contributed by atoms with van der Waals surface area (Å²) in [4.78, 5) is 10.8. The minimum atomic E-state index is -0.848. The van der Waals surface area contributed by atoms with Crippen LogP contribution in [0.4, 0.5) is 0 Å². The number of benzene rings is 2. The third-order valence-electron chi connectivity index (χ3n) is 2.81. The normalized spacial score (nSPS) is 10.1. The van der Waals surface area contributed by atoms with Gasteiger partial charge in [-0.25, -0.2) is 0 Å². The molecular formula is C16H16O3. The molecule has 0 radical (unpaired) electrons. The van der Waals surface area contributed by atoms with Gasteiger partial charge in [-0.2, -0.15) is 0 Å². The SMILES string of the molecule is O=C(O)Cc1ccccc1OCCc1ccccc1. The Hall–Kier alpha value is -2.29. The molecule has 0 bridgehead atoms. The van der Waals surface area contributed by atoms with Crippen LogP contribution in [-0.4, -0.2) is 17.7 Å². The number of hydrogen-bond acceptors (Lipinski definition) is 2. The molecule has 19 heavy (non-hydrogen) atoms. The monoisotopic (exact) mass is 256 g/mol. The molecule has 0 aromatic heterocycles. The highest BCUT2D eigenvalue weighted by molar-refractivity contribution is 5.71. The molecule has 0 saturated heterocycles. The maximum Gasteiger partial charge on any atom is 0.307 e. The zero-order valence-corrected chi connectivity index (χ0v) is 10.6. The van der Waals surface area contributed by atoms with Crippen molar-refractivity contribution in [3.05, 3.63) is 65.7 Å². The maximum atomic E-state index is 10.8. The third kappa shape index (κ3) is 4.14. The molecule has 0 unspecified atom stereocenters. The van der Waals surface area contributed by atoms with Crippen LogP contribution >= 0.6 is 0 Å². The van der Waals surface area contributed by atoms with Crippen LogP contribution in [0.3, 0.4) is 0 Å². The van der Waals surface area contributed by atoms with Crippen LogP contribution in [0.2, 0.25) is 0 Å². The van der Waals surface area contributed by atoms with Gasteiger partial charge in [0.25, 0.3) is 0 Å². The van der Waals surface area contributed by atoms with E-state index < -0.39 is 5.97 Å². The number of ether oxygens (including phenoxy) is 1. The van der Waals surface area contributed by atoms with Crippen molar-refractivity contribution in [2.45, 2.75) is 12.8 Å². The number of carboxylic acid groups (broad SMARTS) is 1. The van der Waals surface area contributed by atoms with Crippen LogP contribution in [0.25, 0.3) is 0 Å². The molecule has 0 aliphatic rings. The van der Waals surface area contributed by atoms with Gasteiger partial charge in [0.1, 0.15) is 5.75 Å². The molecule has 3 heteroatoms. The van der Waals surface area contributed by atoms with Gasteiger partial charge in [-0.15, -0.1) is 0 Å². The van der Waals surface area contributed by atoms with Gasteiger partial charge in [0.15, 0.2) is 0 Å². The quantitative estimate of drug-likeness (QED) is 0.864. The molecule has 1 N–H and O–H groups in total. The average Bonchev–Trinajstić information content (AvgIpc) is 2.41. The van der Waals surface area contributed by atoms with Crippen molar-refractivity contribution < 1.29 is 14.6 Å². The summed E-state index contributed by atoms with van der Waals surface area (Å²) in [6.45, 7) is 0.542. The predicted molar refractivity (Wildman–Crippen MR) is 73.4 cm³/mol. The van der Waals surface area contributed by atoms with Crippen LogP contribution in [0.1, 0.15) is 11.1 Å². The molecule has 0 atom stereocenters. The van der Waals surface area contributed by atoms with E-state index in [0.29, 0.717) is 17.9 Å². The van der Waals surface area contributed by atoms with E-state index in [-0.39, 0.29) is 6.42 Å². The molecule has 0 amide bonds. The summed E-state index contributed by atoms with van der Waals surface area (Å²) in [5, 5.41) is 8.84. The molecule has 98 valence electrons. The fraction of sp³-hybridized carbons (Fsp3) is 0.188. The van der Waals surface area contributed by atoms with Gasteiger partial charge in [0.2, 0.25) is 0 Å². The van der Waals surface area contributed by atoms with E-state index in [9.17, 15) is 4.79 Å². The Balaban J connectivity index is 1.94. The number of aliphatic carboxylic acids is 1. The summed E-state index contributed by atoms with van der Waals surface area (Å²) in [5.41, 5.74) is 1.92. The van der Waals surface area contributed by atoms with Gasteiger partial charge in [0, 0.05) is 12.0 Å². The summed E-state index contributed by atoms with van der Waals surface area (Å²) in [6, 6.07) is 17.3. The first-order valence-corrected chi connectivity index (χ1v) is 6.22. The first kappa shape index (κ1) is 13.1. The minimum Gasteiger partial charge on any atom is -0.493 e. The van der Waals surface area contributed by atoms with E-state index in [4.69, 9.17) is 9.84 Å². The summed E-state index contributed by atoms with van der Waals surface area (Å²) in [5.74, 6) is -0.194. The first-order valence-electron chi connectivity index (χ1n) is 6.22. The molecule has 0 aliphatic carbocycles. The minimum absolute atomic E-state index is 0.0124. The smallest absolute Gasteiger partial charge is 0.307 e. The van der Waals surface area contributed by atoms with Crippen molar-refractivity contribution >= 4 is 5.97 Å². The lowest BCUT2D eigenvalue weighted by Gasteiger charge is -2.10. The molecular weight excluding hydrogens is 240 g/mol. The second-order valence-corrected chi connectivity index (χ2v) is 4.26. The molecule has 0 aliphatic heterocycles. The lowest BCUT2D eigenvalue weighted by molar-refractivity contribution is -0.136. The zero-order valence-electron chi connectivity index (χ0n) is 10.6. The highest BCUT2D eigenvalue weighted by Crippen LogP contribution is 2.18.